The van der Waals surface area contributed by atoms with E-state index in [0.717, 1.165) is 38.5 Å². The number of hydrogen-bond donors (Lipinski definition) is 1. The highest BCUT2D eigenvalue weighted by Gasteiger charge is 2.16. The summed E-state index contributed by atoms with van der Waals surface area (Å²) in [4.78, 5) is 25.4. The summed E-state index contributed by atoms with van der Waals surface area (Å²) in [6, 6.07) is 6.24. The van der Waals surface area contributed by atoms with Gasteiger partial charge in [0.2, 0.25) is 0 Å². The largest absolute Gasteiger partial charge is 0.319 e. The Morgan fingerprint density at radius 1 is 0.963 bits per heavy atom. The van der Waals surface area contributed by atoms with E-state index in [4.69, 9.17) is 0 Å². The normalized spacial score (nSPS) is 10.7. The van der Waals surface area contributed by atoms with Crippen LogP contribution in [0.5, 0.6) is 0 Å². The molecule has 3 heterocycles. The Kier molecular flexibility index (Phi) is 4.79. The van der Waals surface area contributed by atoms with Gasteiger partial charge in [-0.15, -0.1) is 22.7 Å². The van der Waals surface area contributed by atoms with Crippen LogP contribution >= 0.6 is 22.7 Å². The van der Waals surface area contributed by atoms with Gasteiger partial charge in [-0.3, -0.25) is 9.78 Å². The van der Waals surface area contributed by atoms with Crippen molar-refractivity contribution in [3.8, 4) is 21.7 Å². The molecular weight excluding hydrogens is 376 g/mol. The zero-order valence-corrected chi connectivity index (χ0v) is 16.4. The number of hydrogen-bond acceptors (Lipinski definition) is 6. The number of nitrogens with zero attached hydrogens (tertiary/aromatic N) is 3. The second-order valence-electron chi connectivity index (χ2n) is 6.04. The Balaban J connectivity index is 1.79. The highest BCUT2D eigenvalue weighted by molar-refractivity contribution is 7.13. The first-order valence-electron chi connectivity index (χ1n) is 8.30. The van der Waals surface area contributed by atoms with E-state index in [1.807, 2.05) is 12.3 Å². The van der Waals surface area contributed by atoms with E-state index in [9.17, 15) is 4.79 Å². The fourth-order valence-electron chi connectivity index (χ4n) is 2.85. The van der Waals surface area contributed by atoms with Gasteiger partial charge in [0.25, 0.3) is 5.91 Å². The minimum atomic E-state index is -0.214. The number of rotatable bonds is 4. The van der Waals surface area contributed by atoms with Gasteiger partial charge in [-0.05, 0) is 36.6 Å². The van der Waals surface area contributed by atoms with E-state index in [2.05, 4.69) is 45.4 Å². The van der Waals surface area contributed by atoms with Crippen LogP contribution in [0.3, 0.4) is 0 Å². The van der Waals surface area contributed by atoms with Crippen LogP contribution in [0.2, 0.25) is 0 Å². The number of anilines is 1. The van der Waals surface area contributed by atoms with Gasteiger partial charge in [-0.2, -0.15) is 0 Å². The van der Waals surface area contributed by atoms with Crippen LogP contribution < -0.4 is 5.32 Å². The monoisotopic (exact) mass is 392 g/mol. The highest BCUT2D eigenvalue weighted by atomic mass is 32.1. The summed E-state index contributed by atoms with van der Waals surface area (Å²) < 4.78 is 0. The first-order chi connectivity index (χ1) is 13.1. The Labute approximate surface area is 164 Å². The van der Waals surface area contributed by atoms with Crippen molar-refractivity contribution in [2.75, 3.05) is 5.32 Å². The van der Waals surface area contributed by atoms with Crippen LogP contribution in [0.15, 0.2) is 53.7 Å². The van der Waals surface area contributed by atoms with E-state index < -0.39 is 0 Å². The first-order valence-corrected chi connectivity index (χ1v) is 10.1. The average molecular weight is 393 g/mol. The molecule has 1 N–H and O–H groups in total. The lowest BCUT2D eigenvalue weighted by Gasteiger charge is -2.15. The molecule has 0 aliphatic rings. The molecule has 134 valence electrons. The number of carbonyl (C=O) groups is 1. The molecule has 0 bridgehead atoms. The summed E-state index contributed by atoms with van der Waals surface area (Å²) in [5.74, 6) is -0.214. The maximum Gasteiger partial charge on any atom is 0.284 e. The van der Waals surface area contributed by atoms with Gasteiger partial charge in [-0.25, -0.2) is 9.97 Å². The molecular formula is C20H16N4OS2. The number of thiazole rings is 2. The SMILES string of the molecule is Cc1ccc(-c2nccs2)cc1-c1cncc(C)c1NC(=O)c1nccs1. The second-order valence-corrected chi connectivity index (χ2v) is 7.83. The smallest absolute Gasteiger partial charge is 0.284 e. The number of nitrogens with one attached hydrogen (secondary N) is 1. The maximum absolute atomic E-state index is 12.6. The summed E-state index contributed by atoms with van der Waals surface area (Å²) >= 11 is 2.91. The van der Waals surface area contributed by atoms with Crippen molar-refractivity contribution in [2.24, 2.45) is 0 Å². The predicted molar refractivity (Wildman–Crippen MR) is 110 cm³/mol. The minimum Gasteiger partial charge on any atom is -0.319 e. The molecule has 0 saturated heterocycles. The molecule has 27 heavy (non-hydrogen) atoms. The molecule has 0 atom stereocenters. The maximum atomic E-state index is 12.6. The third kappa shape index (κ3) is 3.51. The third-order valence-corrected chi connectivity index (χ3v) is 5.80. The van der Waals surface area contributed by atoms with Gasteiger partial charge in [0, 0.05) is 46.7 Å². The van der Waals surface area contributed by atoms with Crippen molar-refractivity contribution in [2.45, 2.75) is 13.8 Å². The molecule has 4 aromatic rings. The van der Waals surface area contributed by atoms with E-state index >= 15 is 0 Å². The van der Waals surface area contributed by atoms with E-state index in [-0.39, 0.29) is 5.91 Å². The summed E-state index contributed by atoms with van der Waals surface area (Å²) in [6.07, 6.45) is 6.97. The summed E-state index contributed by atoms with van der Waals surface area (Å²) in [5.41, 5.74) is 5.71. The number of amides is 1. The van der Waals surface area contributed by atoms with Crippen molar-refractivity contribution in [3.05, 3.63) is 69.9 Å². The van der Waals surface area contributed by atoms with Crippen LogP contribution in [0.4, 0.5) is 5.69 Å². The molecule has 0 unspecified atom stereocenters. The van der Waals surface area contributed by atoms with Crippen LogP contribution in [0.25, 0.3) is 21.7 Å². The van der Waals surface area contributed by atoms with Crippen LogP contribution in [0, 0.1) is 13.8 Å². The molecule has 0 saturated carbocycles. The number of benzene rings is 1. The van der Waals surface area contributed by atoms with Crippen molar-refractivity contribution in [1.82, 2.24) is 15.0 Å². The number of pyridine rings is 1. The standard InChI is InChI=1S/C20H16N4OS2/c1-12-3-4-14(19-22-5-7-26-19)9-15(12)16-11-21-10-13(2)17(16)24-18(25)20-23-6-8-27-20/h3-11H,1-2H3,(H,21,24,25). The number of aromatic nitrogens is 3. The molecule has 0 spiro atoms. The van der Waals surface area contributed by atoms with E-state index in [0.29, 0.717) is 5.01 Å². The lowest BCUT2D eigenvalue weighted by atomic mass is 9.97. The highest BCUT2D eigenvalue weighted by Crippen LogP contribution is 2.35. The van der Waals surface area contributed by atoms with Gasteiger partial charge in [0.05, 0.1) is 5.69 Å². The molecule has 1 amide bonds. The lowest BCUT2D eigenvalue weighted by Crippen LogP contribution is -2.13. The summed E-state index contributed by atoms with van der Waals surface area (Å²) in [7, 11) is 0. The van der Waals surface area contributed by atoms with Crippen LogP contribution in [-0.4, -0.2) is 20.9 Å². The Bertz CT molecular complexity index is 1090. The van der Waals surface area contributed by atoms with Crippen molar-refractivity contribution >= 4 is 34.3 Å². The predicted octanol–water partition coefficient (Wildman–Crippen LogP) is 5.20. The molecule has 0 radical (unpaired) electrons. The van der Waals surface area contributed by atoms with Gasteiger partial charge in [0.1, 0.15) is 5.01 Å². The van der Waals surface area contributed by atoms with Crippen molar-refractivity contribution in [3.63, 3.8) is 0 Å². The Morgan fingerprint density at radius 3 is 2.52 bits per heavy atom. The van der Waals surface area contributed by atoms with Crippen molar-refractivity contribution < 1.29 is 4.79 Å². The zero-order chi connectivity index (χ0) is 18.8. The second kappa shape index (κ2) is 7.38. The molecule has 0 aliphatic heterocycles. The third-order valence-electron chi connectivity index (χ3n) is 4.21. The molecule has 4 rings (SSSR count). The van der Waals surface area contributed by atoms with Crippen molar-refractivity contribution in [1.29, 1.82) is 0 Å². The van der Waals surface area contributed by atoms with E-state index in [1.54, 1.807) is 41.5 Å². The van der Waals surface area contributed by atoms with Gasteiger partial charge < -0.3 is 5.32 Å². The summed E-state index contributed by atoms with van der Waals surface area (Å²) in [5, 5.41) is 8.17. The number of aryl methyl sites for hydroxylation is 2. The lowest BCUT2D eigenvalue weighted by molar-refractivity contribution is 0.102. The fraction of sp³-hybridized carbons (Fsp3) is 0.100. The molecule has 5 nitrogen and oxygen atoms in total. The quantitative estimate of drug-likeness (QED) is 0.518. The van der Waals surface area contributed by atoms with Gasteiger partial charge >= 0.3 is 0 Å². The minimum absolute atomic E-state index is 0.214. The number of carbonyl (C=O) groups excluding carboxylic acids is 1. The molecule has 7 heteroatoms. The summed E-state index contributed by atoms with van der Waals surface area (Å²) in [6.45, 7) is 3.99. The van der Waals surface area contributed by atoms with Gasteiger partial charge in [-0.1, -0.05) is 12.1 Å². The topological polar surface area (TPSA) is 67.8 Å². The van der Waals surface area contributed by atoms with Crippen LogP contribution in [0.1, 0.15) is 20.9 Å². The first kappa shape index (κ1) is 17.5. The average Bonchev–Trinajstić information content (AvgIpc) is 3.38. The zero-order valence-electron chi connectivity index (χ0n) is 14.8. The van der Waals surface area contributed by atoms with Gasteiger partial charge in [0.15, 0.2) is 5.01 Å². The fourth-order valence-corrected chi connectivity index (χ4v) is 4.01. The van der Waals surface area contributed by atoms with Crippen LogP contribution in [-0.2, 0) is 0 Å². The van der Waals surface area contributed by atoms with E-state index in [1.165, 1.54) is 11.3 Å². The Morgan fingerprint density at radius 2 is 1.78 bits per heavy atom. The Hall–Kier alpha value is -2.90. The molecule has 0 fully saturated rings. The molecule has 1 aromatic carbocycles. The molecule has 0 aliphatic carbocycles. The molecule has 3 aromatic heterocycles.